The van der Waals surface area contributed by atoms with Crippen molar-refractivity contribution in [1.29, 1.82) is 0 Å². The number of carbonyl (C=O) groups excluding carboxylic acids is 2. The average Bonchev–Trinajstić information content (AvgIpc) is 2.89. The lowest BCUT2D eigenvalue weighted by atomic mass is 9.97. The summed E-state index contributed by atoms with van der Waals surface area (Å²) in [5.74, 6) is -0.437. The van der Waals surface area contributed by atoms with Gasteiger partial charge in [-0.1, -0.05) is 78.9 Å². The van der Waals surface area contributed by atoms with Gasteiger partial charge in [-0.15, -0.1) is 0 Å². The Hall–Kier alpha value is -4.77. The standard InChI is InChI=1S/C30H23N3O2/c34-29(18-21-8-2-1-3-9-21)32-25-16-14-22(15-17-25)30(35)33-31-20-28-26-12-6-4-10-23(26)19-24-11-5-7-13-27(24)28/h1-17,19-20H,18H2,(H,32,34)(H,33,35)/b31-20-. The summed E-state index contributed by atoms with van der Waals surface area (Å²) in [7, 11) is 0. The highest BCUT2D eigenvalue weighted by molar-refractivity contribution is 6.13. The number of hydrazone groups is 1. The molecule has 0 saturated carbocycles. The molecule has 0 aliphatic rings. The maximum absolute atomic E-state index is 12.6. The van der Waals surface area contributed by atoms with Gasteiger partial charge in [0.1, 0.15) is 0 Å². The van der Waals surface area contributed by atoms with Crippen molar-refractivity contribution in [2.75, 3.05) is 5.32 Å². The van der Waals surface area contributed by atoms with E-state index < -0.39 is 0 Å². The van der Waals surface area contributed by atoms with Gasteiger partial charge >= 0.3 is 0 Å². The number of amides is 2. The fourth-order valence-corrected chi connectivity index (χ4v) is 4.10. The summed E-state index contributed by atoms with van der Waals surface area (Å²) in [6, 6.07) is 34.7. The van der Waals surface area contributed by atoms with Crippen molar-refractivity contribution in [2.24, 2.45) is 5.10 Å². The van der Waals surface area contributed by atoms with E-state index in [1.165, 1.54) is 0 Å². The number of anilines is 1. The Labute approximate surface area is 203 Å². The molecule has 5 nitrogen and oxygen atoms in total. The molecule has 0 aromatic heterocycles. The van der Waals surface area contributed by atoms with Crippen LogP contribution in [0.3, 0.4) is 0 Å². The molecule has 5 heteroatoms. The van der Waals surface area contributed by atoms with E-state index in [4.69, 9.17) is 0 Å². The van der Waals surface area contributed by atoms with Gasteiger partial charge in [-0.25, -0.2) is 5.43 Å². The van der Waals surface area contributed by atoms with E-state index in [0.717, 1.165) is 32.7 Å². The second kappa shape index (κ2) is 10.0. The van der Waals surface area contributed by atoms with Crippen molar-refractivity contribution in [1.82, 2.24) is 5.43 Å². The van der Waals surface area contributed by atoms with Gasteiger partial charge in [-0.3, -0.25) is 9.59 Å². The van der Waals surface area contributed by atoms with Gasteiger partial charge in [0.2, 0.25) is 5.91 Å². The smallest absolute Gasteiger partial charge is 0.271 e. The Balaban J connectivity index is 1.27. The van der Waals surface area contributed by atoms with E-state index in [-0.39, 0.29) is 11.8 Å². The lowest BCUT2D eigenvalue weighted by Crippen LogP contribution is -2.18. The lowest BCUT2D eigenvalue weighted by Gasteiger charge is -2.08. The molecule has 0 saturated heterocycles. The van der Waals surface area contributed by atoms with Crippen LogP contribution in [0.15, 0.2) is 114 Å². The number of carbonyl (C=O) groups is 2. The summed E-state index contributed by atoms with van der Waals surface area (Å²) in [6.45, 7) is 0. The molecule has 0 spiro atoms. The molecule has 35 heavy (non-hydrogen) atoms. The van der Waals surface area contributed by atoms with Crippen LogP contribution in [0.25, 0.3) is 21.5 Å². The van der Waals surface area contributed by atoms with E-state index >= 15 is 0 Å². The molecule has 5 aromatic carbocycles. The Bertz CT molecular complexity index is 1490. The maximum Gasteiger partial charge on any atom is 0.271 e. The number of hydrogen-bond donors (Lipinski definition) is 2. The summed E-state index contributed by atoms with van der Waals surface area (Å²) >= 11 is 0. The fourth-order valence-electron chi connectivity index (χ4n) is 4.10. The van der Waals surface area contributed by atoms with Crippen LogP contribution >= 0.6 is 0 Å². The van der Waals surface area contributed by atoms with E-state index in [2.05, 4.69) is 46.2 Å². The minimum absolute atomic E-state index is 0.111. The highest BCUT2D eigenvalue weighted by Gasteiger charge is 2.08. The van der Waals surface area contributed by atoms with E-state index in [1.807, 2.05) is 54.6 Å². The number of nitrogens with zero attached hydrogens (tertiary/aromatic N) is 1. The molecule has 0 radical (unpaired) electrons. The molecule has 2 N–H and O–H groups in total. The second-order valence-corrected chi connectivity index (χ2v) is 8.22. The van der Waals surface area contributed by atoms with Crippen LogP contribution in [-0.4, -0.2) is 18.0 Å². The van der Waals surface area contributed by atoms with Crippen LogP contribution in [0.5, 0.6) is 0 Å². The Morgan fingerprint density at radius 2 is 1.31 bits per heavy atom. The molecule has 0 aliphatic carbocycles. The largest absolute Gasteiger partial charge is 0.326 e. The van der Waals surface area contributed by atoms with Gasteiger partial charge in [0.25, 0.3) is 5.91 Å². The normalized spacial score (nSPS) is 11.1. The molecule has 0 atom stereocenters. The first kappa shape index (κ1) is 22.0. The van der Waals surface area contributed by atoms with Crippen LogP contribution < -0.4 is 10.7 Å². The van der Waals surface area contributed by atoms with Crippen molar-refractivity contribution in [3.63, 3.8) is 0 Å². The van der Waals surface area contributed by atoms with Gasteiger partial charge < -0.3 is 5.32 Å². The molecular formula is C30H23N3O2. The molecule has 2 amide bonds. The maximum atomic E-state index is 12.6. The van der Waals surface area contributed by atoms with Gasteiger partial charge in [0.15, 0.2) is 0 Å². The van der Waals surface area contributed by atoms with Gasteiger partial charge in [-0.05, 0) is 57.4 Å². The van der Waals surface area contributed by atoms with Crippen LogP contribution in [0, 0.1) is 0 Å². The fraction of sp³-hybridized carbons (Fsp3) is 0.0333. The highest BCUT2D eigenvalue weighted by Crippen LogP contribution is 2.27. The molecule has 0 heterocycles. The third-order valence-corrected chi connectivity index (χ3v) is 5.81. The minimum atomic E-state index is -0.326. The van der Waals surface area contributed by atoms with E-state index in [1.54, 1.807) is 30.5 Å². The Morgan fingerprint density at radius 1 is 0.714 bits per heavy atom. The summed E-state index contributed by atoms with van der Waals surface area (Å²) in [6.07, 6.45) is 1.99. The minimum Gasteiger partial charge on any atom is -0.326 e. The molecule has 170 valence electrons. The third-order valence-electron chi connectivity index (χ3n) is 5.81. The van der Waals surface area contributed by atoms with Crippen molar-refractivity contribution < 1.29 is 9.59 Å². The number of rotatable bonds is 6. The molecule has 5 aromatic rings. The first-order chi connectivity index (χ1) is 17.2. The average molecular weight is 458 g/mol. The van der Waals surface area contributed by atoms with Crippen molar-refractivity contribution in [3.05, 3.63) is 126 Å². The van der Waals surface area contributed by atoms with Crippen molar-refractivity contribution >= 4 is 45.3 Å². The first-order valence-electron chi connectivity index (χ1n) is 11.3. The van der Waals surface area contributed by atoms with E-state index in [9.17, 15) is 9.59 Å². The van der Waals surface area contributed by atoms with Crippen LogP contribution in [0.4, 0.5) is 5.69 Å². The molecule has 0 fully saturated rings. The quantitative estimate of drug-likeness (QED) is 0.188. The van der Waals surface area contributed by atoms with Gasteiger partial charge in [-0.2, -0.15) is 5.10 Å². The topological polar surface area (TPSA) is 70.6 Å². The van der Waals surface area contributed by atoms with Crippen LogP contribution in [-0.2, 0) is 11.2 Å². The predicted octanol–water partition coefficient (Wildman–Crippen LogP) is 5.94. The summed E-state index contributed by atoms with van der Waals surface area (Å²) in [5, 5.41) is 11.5. The zero-order valence-corrected chi connectivity index (χ0v) is 18.9. The predicted molar refractivity (Wildman–Crippen MR) is 142 cm³/mol. The lowest BCUT2D eigenvalue weighted by molar-refractivity contribution is -0.115. The third kappa shape index (κ3) is 5.09. The van der Waals surface area contributed by atoms with Gasteiger partial charge in [0, 0.05) is 16.8 Å². The van der Waals surface area contributed by atoms with Gasteiger partial charge in [0.05, 0.1) is 12.6 Å². The molecule has 0 unspecified atom stereocenters. The zero-order valence-electron chi connectivity index (χ0n) is 18.9. The number of fused-ring (bicyclic) bond motifs is 2. The molecule has 0 aliphatic heterocycles. The number of hydrogen-bond acceptors (Lipinski definition) is 3. The summed E-state index contributed by atoms with van der Waals surface area (Å²) in [5.41, 5.74) is 5.59. The monoisotopic (exact) mass is 457 g/mol. The summed E-state index contributed by atoms with van der Waals surface area (Å²) in [4.78, 5) is 24.9. The Morgan fingerprint density at radius 3 is 1.97 bits per heavy atom. The Kier molecular flexibility index (Phi) is 6.31. The van der Waals surface area contributed by atoms with Crippen LogP contribution in [0.2, 0.25) is 0 Å². The highest BCUT2D eigenvalue weighted by atomic mass is 16.2. The first-order valence-corrected chi connectivity index (χ1v) is 11.3. The summed E-state index contributed by atoms with van der Waals surface area (Å²) < 4.78 is 0. The molecular weight excluding hydrogens is 434 g/mol. The van der Waals surface area contributed by atoms with Crippen molar-refractivity contribution in [2.45, 2.75) is 6.42 Å². The molecule has 5 rings (SSSR count). The van der Waals surface area contributed by atoms with Crippen molar-refractivity contribution in [3.8, 4) is 0 Å². The second-order valence-electron chi connectivity index (χ2n) is 8.22. The zero-order chi connectivity index (χ0) is 24.0. The SMILES string of the molecule is O=C(Cc1ccccc1)Nc1ccc(C(=O)N/N=C\c2c3ccccc3cc3ccccc23)cc1. The number of benzene rings is 5. The number of nitrogens with one attached hydrogen (secondary N) is 2. The van der Waals surface area contributed by atoms with E-state index in [0.29, 0.717) is 17.7 Å². The molecule has 0 bridgehead atoms. The van der Waals surface area contributed by atoms with Crippen LogP contribution in [0.1, 0.15) is 21.5 Å².